The Balaban J connectivity index is 1.63. The number of hydrogen-bond donors (Lipinski definition) is 1. The Morgan fingerprint density at radius 1 is 1.43 bits per heavy atom. The molecular formula is C17H18ClN3O2. The van der Waals surface area contributed by atoms with Gasteiger partial charge in [0.1, 0.15) is 5.75 Å². The molecule has 0 bridgehead atoms. The molecule has 5 nitrogen and oxygen atoms in total. The van der Waals surface area contributed by atoms with Crippen LogP contribution in [0.1, 0.15) is 11.3 Å². The number of ether oxygens (including phenoxy) is 1. The molecule has 0 radical (unpaired) electrons. The fraction of sp³-hybridized carbons (Fsp3) is 0.294. The van der Waals surface area contributed by atoms with Gasteiger partial charge in [0.2, 0.25) is 0 Å². The molecule has 3 rings (SSSR count). The first-order valence-electron chi connectivity index (χ1n) is 7.38. The van der Waals surface area contributed by atoms with Gasteiger partial charge >= 0.3 is 0 Å². The number of amides is 1. The predicted octanol–water partition coefficient (Wildman–Crippen LogP) is 2.42. The highest BCUT2D eigenvalue weighted by molar-refractivity contribution is 6.30. The van der Waals surface area contributed by atoms with Crippen LogP contribution in [0.25, 0.3) is 0 Å². The smallest absolute Gasteiger partial charge is 0.261 e. The first-order valence-corrected chi connectivity index (χ1v) is 7.76. The minimum absolute atomic E-state index is 0.146. The second kappa shape index (κ2) is 6.46. The van der Waals surface area contributed by atoms with Crippen LogP contribution in [0.4, 0.5) is 5.69 Å². The van der Waals surface area contributed by atoms with Gasteiger partial charge in [-0.25, -0.2) is 0 Å². The summed E-state index contributed by atoms with van der Waals surface area (Å²) in [7, 11) is 3.89. The summed E-state index contributed by atoms with van der Waals surface area (Å²) < 4.78 is 5.69. The highest BCUT2D eigenvalue weighted by Gasteiger charge is 2.29. The van der Waals surface area contributed by atoms with E-state index in [2.05, 4.69) is 10.3 Å². The first-order chi connectivity index (χ1) is 11.0. The average Bonchev–Trinajstić information content (AvgIpc) is 2.95. The first kappa shape index (κ1) is 15.6. The molecule has 1 aliphatic heterocycles. The SMILES string of the molecule is CN(C)c1cccnc1CNC(=O)C1Cc2cc(Cl)ccc2O1. The number of carbonyl (C=O) groups is 1. The van der Waals surface area contributed by atoms with Crippen molar-refractivity contribution in [3.05, 3.63) is 52.8 Å². The molecule has 120 valence electrons. The lowest BCUT2D eigenvalue weighted by atomic mass is 10.1. The highest BCUT2D eigenvalue weighted by Crippen LogP contribution is 2.31. The zero-order valence-electron chi connectivity index (χ0n) is 13.0. The fourth-order valence-corrected chi connectivity index (χ4v) is 2.82. The van der Waals surface area contributed by atoms with Crippen molar-refractivity contribution in [2.24, 2.45) is 0 Å². The topological polar surface area (TPSA) is 54.5 Å². The zero-order chi connectivity index (χ0) is 16.4. The molecule has 2 aromatic rings. The number of rotatable bonds is 4. The average molecular weight is 332 g/mol. The molecule has 6 heteroatoms. The van der Waals surface area contributed by atoms with E-state index in [4.69, 9.17) is 16.3 Å². The van der Waals surface area contributed by atoms with Crippen molar-refractivity contribution in [3.63, 3.8) is 0 Å². The number of nitrogens with one attached hydrogen (secondary N) is 1. The second-order valence-corrected chi connectivity index (χ2v) is 6.08. The van der Waals surface area contributed by atoms with Gasteiger partial charge in [0.15, 0.2) is 6.10 Å². The van der Waals surface area contributed by atoms with Crippen LogP contribution in [0.3, 0.4) is 0 Å². The van der Waals surface area contributed by atoms with Crippen LogP contribution in [0.2, 0.25) is 5.02 Å². The van der Waals surface area contributed by atoms with E-state index < -0.39 is 6.10 Å². The summed E-state index contributed by atoms with van der Waals surface area (Å²) >= 11 is 5.97. The van der Waals surface area contributed by atoms with Gasteiger partial charge in [-0.2, -0.15) is 0 Å². The van der Waals surface area contributed by atoms with Crippen LogP contribution < -0.4 is 15.0 Å². The van der Waals surface area contributed by atoms with Gasteiger partial charge in [-0.1, -0.05) is 11.6 Å². The molecule has 23 heavy (non-hydrogen) atoms. The lowest BCUT2D eigenvalue weighted by Gasteiger charge is -2.17. The lowest BCUT2D eigenvalue weighted by molar-refractivity contribution is -0.127. The summed E-state index contributed by atoms with van der Waals surface area (Å²) in [5.74, 6) is 0.578. The summed E-state index contributed by atoms with van der Waals surface area (Å²) in [5, 5.41) is 3.55. The molecule has 0 saturated heterocycles. The van der Waals surface area contributed by atoms with Gasteiger partial charge in [-0.3, -0.25) is 9.78 Å². The van der Waals surface area contributed by atoms with Crippen molar-refractivity contribution in [1.29, 1.82) is 0 Å². The molecule has 0 saturated carbocycles. The van der Waals surface area contributed by atoms with Gasteiger partial charge < -0.3 is 15.0 Å². The molecule has 1 aliphatic rings. The molecule has 1 aromatic heterocycles. The van der Waals surface area contributed by atoms with E-state index in [1.54, 1.807) is 18.3 Å². The van der Waals surface area contributed by atoms with Crippen molar-refractivity contribution < 1.29 is 9.53 Å². The Morgan fingerprint density at radius 2 is 2.26 bits per heavy atom. The molecule has 0 aliphatic carbocycles. The third-order valence-corrected chi connectivity index (χ3v) is 4.00. The van der Waals surface area contributed by atoms with Crippen LogP contribution in [0, 0.1) is 0 Å². The van der Waals surface area contributed by atoms with Crippen molar-refractivity contribution >= 4 is 23.2 Å². The standard InChI is InChI=1S/C17H18ClN3O2/c1-21(2)14-4-3-7-19-13(14)10-20-17(22)16-9-11-8-12(18)5-6-15(11)23-16/h3-8,16H,9-10H2,1-2H3,(H,20,22). The van der Waals surface area contributed by atoms with Crippen LogP contribution in [0.5, 0.6) is 5.75 Å². The molecule has 2 heterocycles. The van der Waals surface area contributed by atoms with E-state index in [9.17, 15) is 4.79 Å². The van der Waals surface area contributed by atoms with Crippen molar-refractivity contribution in [2.75, 3.05) is 19.0 Å². The Labute approximate surface area is 140 Å². The van der Waals surface area contributed by atoms with Crippen LogP contribution in [-0.4, -0.2) is 31.1 Å². The van der Waals surface area contributed by atoms with Gasteiger partial charge in [-0.15, -0.1) is 0 Å². The second-order valence-electron chi connectivity index (χ2n) is 5.64. The van der Waals surface area contributed by atoms with Crippen molar-refractivity contribution in [1.82, 2.24) is 10.3 Å². The lowest BCUT2D eigenvalue weighted by Crippen LogP contribution is -2.37. The minimum atomic E-state index is -0.519. The van der Waals surface area contributed by atoms with E-state index in [-0.39, 0.29) is 5.91 Å². The van der Waals surface area contributed by atoms with E-state index in [0.717, 1.165) is 22.7 Å². The number of nitrogens with zero attached hydrogens (tertiary/aromatic N) is 2. The van der Waals surface area contributed by atoms with E-state index in [0.29, 0.717) is 18.0 Å². The molecular weight excluding hydrogens is 314 g/mol. The summed E-state index contributed by atoms with van der Waals surface area (Å²) in [6.45, 7) is 0.365. The molecule has 0 fully saturated rings. The Morgan fingerprint density at radius 3 is 3.04 bits per heavy atom. The Kier molecular flexibility index (Phi) is 4.39. The van der Waals surface area contributed by atoms with Gasteiger partial charge in [-0.05, 0) is 35.9 Å². The largest absolute Gasteiger partial charge is 0.480 e. The number of anilines is 1. The quantitative estimate of drug-likeness (QED) is 0.935. The van der Waals surface area contributed by atoms with Gasteiger partial charge in [0.05, 0.1) is 17.9 Å². The number of pyridine rings is 1. The number of benzene rings is 1. The molecule has 1 atom stereocenters. The third-order valence-electron chi connectivity index (χ3n) is 3.77. The number of carbonyl (C=O) groups excluding carboxylic acids is 1. The maximum atomic E-state index is 12.3. The summed E-state index contributed by atoms with van der Waals surface area (Å²) in [4.78, 5) is 18.6. The van der Waals surface area contributed by atoms with E-state index in [1.807, 2.05) is 37.2 Å². The minimum Gasteiger partial charge on any atom is -0.480 e. The molecule has 0 spiro atoms. The highest BCUT2D eigenvalue weighted by atomic mass is 35.5. The van der Waals surface area contributed by atoms with Crippen molar-refractivity contribution in [2.45, 2.75) is 19.1 Å². The summed E-state index contributed by atoms with van der Waals surface area (Å²) in [6, 6.07) is 9.25. The molecule has 1 N–H and O–H groups in total. The van der Waals surface area contributed by atoms with Gasteiger partial charge in [0, 0.05) is 31.7 Å². The maximum Gasteiger partial charge on any atom is 0.261 e. The predicted molar refractivity (Wildman–Crippen MR) is 90.0 cm³/mol. The fourth-order valence-electron chi connectivity index (χ4n) is 2.62. The zero-order valence-corrected chi connectivity index (χ0v) is 13.8. The van der Waals surface area contributed by atoms with Gasteiger partial charge in [0.25, 0.3) is 5.91 Å². The van der Waals surface area contributed by atoms with Crippen molar-refractivity contribution in [3.8, 4) is 5.75 Å². The Hall–Kier alpha value is -2.27. The Bertz CT molecular complexity index is 734. The molecule has 1 amide bonds. The normalized spacial score (nSPS) is 15.7. The molecule has 1 aromatic carbocycles. The number of hydrogen-bond acceptors (Lipinski definition) is 4. The van der Waals surface area contributed by atoms with Crippen LogP contribution in [0.15, 0.2) is 36.5 Å². The summed E-state index contributed by atoms with van der Waals surface area (Å²) in [5.41, 5.74) is 2.77. The van der Waals surface area contributed by atoms with E-state index in [1.165, 1.54) is 0 Å². The third kappa shape index (κ3) is 3.40. The number of halogens is 1. The summed E-state index contributed by atoms with van der Waals surface area (Å²) in [6.07, 6.45) is 1.73. The maximum absolute atomic E-state index is 12.3. The monoisotopic (exact) mass is 331 g/mol. The van der Waals surface area contributed by atoms with E-state index >= 15 is 0 Å². The number of fused-ring (bicyclic) bond motifs is 1. The van der Waals surface area contributed by atoms with Crippen LogP contribution in [-0.2, 0) is 17.8 Å². The van der Waals surface area contributed by atoms with Crippen LogP contribution >= 0.6 is 11.6 Å². The number of aromatic nitrogens is 1. The molecule has 1 unspecified atom stereocenters.